The van der Waals surface area contributed by atoms with E-state index in [1.54, 1.807) is 0 Å². The number of nitrogens with zero attached hydrogens (tertiary/aromatic N) is 1. The second kappa shape index (κ2) is 5.50. The molecule has 0 saturated carbocycles. The lowest BCUT2D eigenvalue weighted by atomic mass is 10.1. The van der Waals surface area contributed by atoms with Gasteiger partial charge < -0.3 is 5.32 Å². The second-order valence-electron chi connectivity index (χ2n) is 3.80. The molecule has 0 unspecified atom stereocenters. The molecule has 0 aromatic heterocycles. The smallest absolute Gasteiger partial charge is 0.0406 e. The first-order valence-electron chi connectivity index (χ1n) is 5.37. The summed E-state index contributed by atoms with van der Waals surface area (Å²) in [6, 6.07) is 8.06. The molecule has 1 saturated heterocycles. The van der Waals surface area contributed by atoms with Crippen LogP contribution in [0, 0.1) is 6.54 Å². The highest BCUT2D eigenvalue weighted by atomic mass is 35.5. The van der Waals surface area contributed by atoms with E-state index >= 15 is 0 Å². The summed E-state index contributed by atoms with van der Waals surface area (Å²) in [7, 11) is 0. The summed E-state index contributed by atoms with van der Waals surface area (Å²) < 4.78 is 0. The molecule has 0 aliphatic carbocycles. The number of halogens is 1. The van der Waals surface area contributed by atoms with Gasteiger partial charge in [0.15, 0.2) is 0 Å². The van der Waals surface area contributed by atoms with Crippen LogP contribution in [0.2, 0.25) is 5.02 Å². The first-order chi connectivity index (χ1) is 7.34. The molecular weight excluding hydrogens is 208 g/mol. The fourth-order valence-corrected chi connectivity index (χ4v) is 1.85. The molecule has 1 radical (unpaired) electrons. The molecule has 3 heteroatoms. The van der Waals surface area contributed by atoms with Crippen LogP contribution in [0.5, 0.6) is 0 Å². The van der Waals surface area contributed by atoms with Crippen molar-refractivity contribution in [2.75, 3.05) is 26.2 Å². The fraction of sp³-hybridized carbons (Fsp3) is 0.417. The average Bonchev–Trinajstić information content (AvgIpc) is 2.30. The first kappa shape index (κ1) is 10.9. The summed E-state index contributed by atoms with van der Waals surface area (Å²) >= 11 is 5.83. The monoisotopic (exact) mass is 223 g/mol. The highest BCUT2D eigenvalue weighted by Gasteiger charge is 2.08. The summed E-state index contributed by atoms with van der Waals surface area (Å²) in [6.07, 6.45) is 0.997. The Labute approximate surface area is 96.2 Å². The normalized spacial score (nSPS) is 17.9. The van der Waals surface area contributed by atoms with E-state index in [9.17, 15) is 0 Å². The number of nitrogens with one attached hydrogen (secondary N) is 1. The van der Waals surface area contributed by atoms with Gasteiger partial charge in [-0.3, -0.25) is 4.90 Å². The van der Waals surface area contributed by atoms with E-state index < -0.39 is 0 Å². The first-order valence-corrected chi connectivity index (χ1v) is 5.75. The SMILES string of the molecule is Clc1ccc(C[CH]N2CCNCC2)cc1. The Balaban J connectivity index is 1.79. The maximum atomic E-state index is 5.83. The lowest BCUT2D eigenvalue weighted by molar-refractivity contribution is 0.287. The van der Waals surface area contributed by atoms with Crippen LogP contribution in [-0.4, -0.2) is 31.1 Å². The van der Waals surface area contributed by atoms with E-state index in [2.05, 4.69) is 28.9 Å². The van der Waals surface area contributed by atoms with Gasteiger partial charge >= 0.3 is 0 Å². The van der Waals surface area contributed by atoms with Crippen LogP contribution >= 0.6 is 11.6 Å². The van der Waals surface area contributed by atoms with Gasteiger partial charge in [0.25, 0.3) is 0 Å². The van der Waals surface area contributed by atoms with Crippen LogP contribution in [0.4, 0.5) is 0 Å². The molecule has 1 aromatic rings. The van der Waals surface area contributed by atoms with Gasteiger partial charge in [-0.2, -0.15) is 0 Å². The molecule has 1 aliphatic heterocycles. The van der Waals surface area contributed by atoms with Gasteiger partial charge in [-0.1, -0.05) is 23.7 Å². The van der Waals surface area contributed by atoms with Gasteiger partial charge in [0.05, 0.1) is 0 Å². The highest BCUT2D eigenvalue weighted by molar-refractivity contribution is 6.30. The zero-order chi connectivity index (χ0) is 10.5. The third-order valence-electron chi connectivity index (χ3n) is 2.65. The predicted octanol–water partition coefficient (Wildman–Crippen LogP) is 1.95. The van der Waals surface area contributed by atoms with Crippen molar-refractivity contribution in [2.24, 2.45) is 0 Å². The van der Waals surface area contributed by atoms with Gasteiger partial charge in [0.1, 0.15) is 0 Å². The van der Waals surface area contributed by atoms with Crippen molar-refractivity contribution in [3.8, 4) is 0 Å². The maximum Gasteiger partial charge on any atom is 0.0406 e. The Morgan fingerprint density at radius 3 is 2.53 bits per heavy atom. The Morgan fingerprint density at radius 2 is 1.87 bits per heavy atom. The summed E-state index contributed by atoms with van der Waals surface area (Å²) in [6.45, 7) is 6.71. The average molecular weight is 224 g/mol. The Bertz CT molecular complexity index is 291. The predicted molar refractivity (Wildman–Crippen MR) is 63.9 cm³/mol. The maximum absolute atomic E-state index is 5.83. The molecule has 1 heterocycles. The van der Waals surface area contributed by atoms with Crippen molar-refractivity contribution in [1.29, 1.82) is 0 Å². The molecule has 1 aromatic carbocycles. The minimum atomic E-state index is 0.806. The lowest BCUT2D eigenvalue weighted by Crippen LogP contribution is -2.42. The standard InChI is InChI=1S/C12H16ClN2/c13-12-3-1-11(2-4-12)5-8-15-9-6-14-7-10-15/h1-4,8,14H,5-7,9-10H2. The molecule has 0 amide bonds. The van der Waals surface area contributed by atoms with Gasteiger partial charge in [-0.05, 0) is 24.1 Å². The van der Waals surface area contributed by atoms with Crippen LogP contribution in [0.15, 0.2) is 24.3 Å². The zero-order valence-corrected chi connectivity index (χ0v) is 9.50. The van der Waals surface area contributed by atoms with Gasteiger partial charge in [0.2, 0.25) is 0 Å². The van der Waals surface area contributed by atoms with Crippen LogP contribution in [0.1, 0.15) is 5.56 Å². The molecule has 2 rings (SSSR count). The number of hydrogen-bond acceptors (Lipinski definition) is 2. The van der Waals surface area contributed by atoms with E-state index in [1.807, 2.05) is 12.1 Å². The van der Waals surface area contributed by atoms with Gasteiger partial charge in [-0.25, -0.2) is 0 Å². The van der Waals surface area contributed by atoms with Crippen molar-refractivity contribution in [2.45, 2.75) is 6.42 Å². The van der Waals surface area contributed by atoms with Crippen LogP contribution < -0.4 is 5.32 Å². The van der Waals surface area contributed by atoms with E-state index in [4.69, 9.17) is 11.6 Å². The zero-order valence-electron chi connectivity index (χ0n) is 8.75. The molecule has 1 aliphatic rings. The van der Waals surface area contributed by atoms with Crippen molar-refractivity contribution in [3.05, 3.63) is 41.4 Å². The lowest BCUT2D eigenvalue weighted by Gasteiger charge is -2.26. The molecule has 0 bridgehead atoms. The summed E-state index contributed by atoms with van der Waals surface area (Å²) in [5, 5.41) is 4.15. The third-order valence-corrected chi connectivity index (χ3v) is 2.90. The summed E-state index contributed by atoms with van der Waals surface area (Å²) in [5.74, 6) is 0. The molecule has 2 nitrogen and oxygen atoms in total. The van der Waals surface area contributed by atoms with Crippen LogP contribution in [-0.2, 0) is 6.42 Å². The number of hydrogen-bond donors (Lipinski definition) is 1. The summed E-state index contributed by atoms with van der Waals surface area (Å²) in [4.78, 5) is 2.38. The van der Waals surface area contributed by atoms with Crippen LogP contribution in [0.25, 0.3) is 0 Å². The molecule has 15 heavy (non-hydrogen) atoms. The van der Waals surface area contributed by atoms with Gasteiger partial charge in [0, 0.05) is 37.7 Å². The Morgan fingerprint density at radius 1 is 1.20 bits per heavy atom. The Kier molecular flexibility index (Phi) is 4.01. The quantitative estimate of drug-likeness (QED) is 0.843. The molecule has 81 valence electrons. The minimum absolute atomic E-state index is 0.806. The summed E-state index contributed by atoms with van der Waals surface area (Å²) in [5.41, 5.74) is 1.32. The number of benzene rings is 1. The van der Waals surface area contributed by atoms with Crippen molar-refractivity contribution in [3.63, 3.8) is 0 Å². The van der Waals surface area contributed by atoms with Crippen molar-refractivity contribution >= 4 is 11.6 Å². The highest BCUT2D eigenvalue weighted by Crippen LogP contribution is 2.11. The van der Waals surface area contributed by atoms with Crippen molar-refractivity contribution in [1.82, 2.24) is 10.2 Å². The third kappa shape index (κ3) is 3.49. The topological polar surface area (TPSA) is 15.3 Å². The van der Waals surface area contributed by atoms with Crippen molar-refractivity contribution < 1.29 is 0 Å². The molecular formula is C12H16ClN2. The molecule has 0 atom stereocenters. The molecule has 1 N–H and O–H groups in total. The second-order valence-corrected chi connectivity index (χ2v) is 4.24. The minimum Gasteiger partial charge on any atom is -0.314 e. The Hall–Kier alpha value is -0.570. The van der Waals surface area contributed by atoms with E-state index in [1.165, 1.54) is 5.56 Å². The largest absolute Gasteiger partial charge is 0.314 e. The van der Waals surface area contributed by atoms with Crippen LogP contribution in [0.3, 0.4) is 0 Å². The van der Waals surface area contributed by atoms with E-state index in [0.717, 1.165) is 37.6 Å². The fourth-order valence-electron chi connectivity index (χ4n) is 1.72. The molecule has 0 spiro atoms. The molecule has 1 fully saturated rings. The van der Waals surface area contributed by atoms with E-state index in [0.29, 0.717) is 0 Å². The van der Waals surface area contributed by atoms with E-state index in [-0.39, 0.29) is 0 Å². The number of rotatable bonds is 3. The van der Waals surface area contributed by atoms with Gasteiger partial charge in [-0.15, -0.1) is 0 Å². The number of piperazine rings is 1.